The number of aromatic carboxylic acids is 1. The second-order valence-electron chi connectivity index (χ2n) is 5.27. The van der Waals surface area contributed by atoms with Gasteiger partial charge in [0.2, 0.25) is 0 Å². The molecule has 1 aliphatic rings. The van der Waals surface area contributed by atoms with Crippen molar-refractivity contribution in [1.29, 1.82) is 0 Å². The third-order valence-corrected chi connectivity index (χ3v) is 4.07. The molecule has 1 heterocycles. The number of carbonyl (C=O) groups is 1. The van der Waals surface area contributed by atoms with Crippen LogP contribution in [0.25, 0.3) is 11.0 Å². The summed E-state index contributed by atoms with van der Waals surface area (Å²) < 4.78 is 2.21. The van der Waals surface area contributed by atoms with Crippen molar-refractivity contribution in [2.45, 2.75) is 39.2 Å². The number of aromatic nitrogens is 2. The number of rotatable bonds is 4. The van der Waals surface area contributed by atoms with Crippen LogP contribution >= 0.6 is 0 Å². The molecule has 1 N–H and O–H groups in total. The fourth-order valence-corrected chi connectivity index (χ4v) is 2.77. The van der Waals surface area contributed by atoms with Gasteiger partial charge in [-0.25, -0.2) is 9.78 Å². The minimum Gasteiger partial charge on any atom is -0.478 e. The molecule has 1 saturated carbocycles. The van der Waals surface area contributed by atoms with E-state index in [-0.39, 0.29) is 0 Å². The molecule has 0 saturated heterocycles. The molecule has 1 aliphatic carbocycles. The number of carboxylic acids is 1. The highest BCUT2D eigenvalue weighted by molar-refractivity contribution is 6.01. The van der Waals surface area contributed by atoms with Crippen molar-refractivity contribution in [3.63, 3.8) is 0 Å². The second kappa shape index (κ2) is 4.68. The van der Waals surface area contributed by atoms with Gasteiger partial charge < -0.3 is 9.67 Å². The van der Waals surface area contributed by atoms with Crippen LogP contribution in [-0.4, -0.2) is 20.6 Å². The first-order chi connectivity index (χ1) is 9.20. The summed E-state index contributed by atoms with van der Waals surface area (Å²) in [6.45, 7) is 3.04. The smallest absolute Gasteiger partial charge is 0.337 e. The van der Waals surface area contributed by atoms with Gasteiger partial charge in [-0.15, -0.1) is 0 Å². The maximum absolute atomic E-state index is 11.3. The molecule has 0 unspecified atom stereocenters. The predicted octanol–water partition coefficient (Wildman–Crippen LogP) is 3.10. The average Bonchev–Trinajstić information content (AvgIpc) is 2.71. The van der Waals surface area contributed by atoms with Gasteiger partial charge in [0.05, 0.1) is 11.1 Å². The maximum Gasteiger partial charge on any atom is 0.337 e. The van der Waals surface area contributed by atoms with Gasteiger partial charge in [0.25, 0.3) is 0 Å². The number of aryl methyl sites for hydroxylation is 1. The number of hydrogen-bond acceptors (Lipinski definition) is 2. The number of nitrogens with zero attached hydrogens (tertiary/aromatic N) is 2. The summed E-state index contributed by atoms with van der Waals surface area (Å²) in [6.07, 6.45) is 4.71. The van der Waals surface area contributed by atoms with Gasteiger partial charge in [-0.05, 0) is 30.9 Å². The van der Waals surface area contributed by atoms with Crippen LogP contribution in [0.2, 0.25) is 0 Å². The third kappa shape index (κ3) is 2.01. The Kier molecular flexibility index (Phi) is 3.01. The van der Waals surface area contributed by atoms with Gasteiger partial charge in [-0.3, -0.25) is 0 Å². The molecular weight excluding hydrogens is 240 g/mol. The van der Waals surface area contributed by atoms with Crippen molar-refractivity contribution in [2.24, 2.45) is 5.92 Å². The first-order valence-corrected chi connectivity index (χ1v) is 6.92. The van der Waals surface area contributed by atoms with Crippen molar-refractivity contribution in [2.75, 3.05) is 0 Å². The van der Waals surface area contributed by atoms with Crippen LogP contribution in [-0.2, 0) is 13.0 Å². The summed E-state index contributed by atoms with van der Waals surface area (Å²) in [5.41, 5.74) is 1.90. The van der Waals surface area contributed by atoms with Crippen molar-refractivity contribution >= 4 is 17.0 Å². The van der Waals surface area contributed by atoms with Crippen LogP contribution in [0.3, 0.4) is 0 Å². The molecule has 0 spiro atoms. The number of fused-ring (bicyclic) bond motifs is 1. The van der Waals surface area contributed by atoms with Gasteiger partial charge in [-0.2, -0.15) is 0 Å². The van der Waals surface area contributed by atoms with Crippen molar-refractivity contribution in [3.8, 4) is 0 Å². The lowest BCUT2D eigenvalue weighted by Gasteiger charge is -2.26. The van der Waals surface area contributed by atoms with Gasteiger partial charge in [0.15, 0.2) is 0 Å². The zero-order valence-electron chi connectivity index (χ0n) is 11.1. The summed E-state index contributed by atoms with van der Waals surface area (Å²) in [5.74, 6) is 0.827. The number of benzene rings is 1. The van der Waals surface area contributed by atoms with Crippen LogP contribution in [0.5, 0.6) is 0 Å². The first kappa shape index (κ1) is 12.2. The van der Waals surface area contributed by atoms with Crippen molar-refractivity contribution in [1.82, 2.24) is 9.55 Å². The van der Waals surface area contributed by atoms with E-state index in [9.17, 15) is 9.90 Å². The zero-order chi connectivity index (χ0) is 13.4. The Hall–Kier alpha value is -1.84. The number of imidazole rings is 1. The molecule has 3 rings (SSSR count). The van der Waals surface area contributed by atoms with Gasteiger partial charge in [0, 0.05) is 13.0 Å². The van der Waals surface area contributed by atoms with E-state index < -0.39 is 5.97 Å². The molecule has 4 nitrogen and oxygen atoms in total. The number of hydrogen-bond donors (Lipinski definition) is 1. The predicted molar refractivity (Wildman–Crippen MR) is 73.4 cm³/mol. The van der Waals surface area contributed by atoms with E-state index in [0.29, 0.717) is 11.1 Å². The molecule has 1 aromatic carbocycles. The van der Waals surface area contributed by atoms with Crippen molar-refractivity contribution in [3.05, 3.63) is 29.6 Å². The van der Waals surface area contributed by atoms with Crippen LogP contribution < -0.4 is 0 Å². The molecule has 0 bridgehead atoms. The third-order valence-electron chi connectivity index (χ3n) is 4.07. The molecular formula is C15H18N2O2. The normalized spacial score (nSPS) is 15.6. The highest BCUT2D eigenvalue weighted by Crippen LogP contribution is 2.30. The highest BCUT2D eigenvalue weighted by Gasteiger charge is 2.22. The molecule has 4 heteroatoms. The average molecular weight is 258 g/mol. The topological polar surface area (TPSA) is 55.1 Å². The molecule has 0 atom stereocenters. The van der Waals surface area contributed by atoms with Crippen LogP contribution in [0.15, 0.2) is 18.2 Å². The summed E-state index contributed by atoms with van der Waals surface area (Å²) in [6, 6.07) is 5.42. The molecule has 0 aliphatic heterocycles. The Labute approximate surface area is 112 Å². The minimum atomic E-state index is -0.901. The molecule has 2 aromatic rings. The second-order valence-corrected chi connectivity index (χ2v) is 5.27. The van der Waals surface area contributed by atoms with E-state index in [1.165, 1.54) is 19.3 Å². The maximum atomic E-state index is 11.3. The highest BCUT2D eigenvalue weighted by atomic mass is 16.4. The van der Waals surface area contributed by atoms with Crippen LogP contribution in [0.1, 0.15) is 42.4 Å². The Morgan fingerprint density at radius 1 is 1.47 bits per heavy atom. The largest absolute Gasteiger partial charge is 0.478 e. The molecule has 100 valence electrons. The van der Waals surface area contributed by atoms with E-state index in [4.69, 9.17) is 0 Å². The van der Waals surface area contributed by atoms with E-state index in [2.05, 4.69) is 16.5 Å². The van der Waals surface area contributed by atoms with Gasteiger partial charge in [0.1, 0.15) is 11.3 Å². The lowest BCUT2D eigenvalue weighted by molar-refractivity contribution is 0.0699. The lowest BCUT2D eigenvalue weighted by Crippen LogP contribution is -2.19. The standard InChI is InChI=1S/C15H18N2O2/c1-2-13-16-14-11(15(18)19)7-4-8-12(14)17(13)9-10-5-3-6-10/h4,7-8,10H,2-3,5-6,9H2,1H3,(H,18,19). The van der Waals surface area contributed by atoms with E-state index in [0.717, 1.165) is 30.2 Å². The molecule has 0 radical (unpaired) electrons. The Balaban J connectivity index is 2.13. The monoisotopic (exact) mass is 258 g/mol. The molecule has 19 heavy (non-hydrogen) atoms. The number of carboxylic acid groups (broad SMARTS) is 1. The Bertz CT molecular complexity index is 626. The minimum absolute atomic E-state index is 0.305. The van der Waals surface area contributed by atoms with Gasteiger partial charge in [-0.1, -0.05) is 19.4 Å². The SMILES string of the molecule is CCc1nc2c(C(=O)O)cccc2n1CC1CCC1. The lowest BCUT2D eigenvalue weighted by atomic mass is 9.85. The Morgan fingerprint density at radius 2 is 2.26 bits per heavy atom. The van der Waals surface area contributed by atoms with Gasteiger partial charge >= 0.3 is 5.97 Å². The zero-order valence-corrected chi connectivity index (χ0v) is 11.1. The Morgan fingerprint density at radius 3 is 2.84 bits per heavy atom. The quantitative estimate of drug-likeness (QED) is 0.916. The van der Waals surface area contributed by atoms with E-state index in [1.807, 2.05) is 12.1 Å². The summed E-state index contributed by atoms with van der Waals surface area (Å²) in [7, 11) is 0. The summed E-state index contributed by atoms with van der Waals surface area (Å²) in [4.78, 5) is 15.8. The first-order valence-electron chi connectivity index (χ1n) is 6.92. The fourth-order valence-electron chi connectivity index (χ4n) is 2.77. The van der Waals surface area contributed by atoms with Crippen LogP contribution in [0.4, 0.5) is 0 Å². The summed E-state index contributed by atoms with van der Waals surface area (Å²) >= 11 is 0. The van der Waals surface area contributed by atoms with Crippen LogP contribution in [0, 0.1) is 5.92 Å². The fraction of sp³-hybridized carbons (Fsp3) is 0.467. The molecule has 0 amide bonds. The number of para-hydroxylation sites is 1. The van der Waals surface area contributed by atoms with E-state index >= 15 is 0 Å². The summed E-state index contributed by atoms with van der Waals surface area (Å²) in [5, 5.41) is 9.25. The van der Waals surface area contributed by atoms with E-state index in [1.54, 1.807) is 6.07 Å². The molecule has 1 fully saturated rings. The van der Waals surface area contributed by atoms with Crippen molar-refractivity contribution < 1.29 is 9.90 Å². The molecule has 1 aromatic heterocycles.